The number of anilines is 1. The molecular formula is C22H28N2O2. The first kappa shape index (κ1) is 19.7. The van der Waals surface area contributed by atoms with E-state index in [9.17, 15) is 9.59 Å². The Bertz CT molecular complexity index is 744. The van der Waals surface area contributed by atoms with E-state index in [1.807, 2.05) is 32.0 Å². The van der Waals surface area contributed by atoms with E-state index in [2.05, 4.69) is 24.5 Å². The molecule has 2 aromatic carbocycles. The minimum atomic E-state index is -0.158. The molecular weight excluding hydrogens is 324 g/mol. The highest BCUT2D eigenvalue weighted by Gasteiger charge is 2.13. The van der Waals surface area contributed by atoms with E-state index in [4.69, 9.17) is 0 Å². The minimum absolute atomic E-state index is 0.115. The van der Waals surface area contributed by atoms with Crippen LogP contribution >= 0.6 is 0 Å². The van der Waals surface area contributed by atoms with E-state index in [1.165, 1.54) is 0 Å². The summed E-state index contributed by atoms with van der Waals surface area (Å²) in [7, 11) is 0. The summed E-state index contributed by atoms with van der Waals surface area (Å²) in [5.74, 6) is -0.273. The van der Waals surface area contributed by atoms with Gasteiger partial charge in [-0.2, -0.15) is 0 Å². The predicted octanol–water partition coefficient (Wildman–Crippen LogP) is 4.59. The van der Waals surface area contributed by atoms with Crippen LogP contribution in [0, 0.1) is 0 Å². The lowest BCUT2D eigenvalue weighted by atomic mass is 10.0. The normalized spacial score (nSPS) is 11.7. The van der Waals surface area contributed by atoms with Crippen LogP contribution in [-0.4, -0.2) is 17.9 Å². The number of carbonyl (C=O) groups is 2. The van der Waals surface area contributed by atoms with E-state index < -0.39 is 0 Å². The maximum atomic E-state index is 12.6. The highest BCUT2D eigenvalue weighted by molar-refractivity contribution is 6.05. The van der Waals surface area contributed by atoms with Crippen molar-refractivity contribution < 1.29 is 9.59 Å². The average Bonchev–Trinajstić information content (AvgIpc) is 2.67. The van der Waals surface area contributed by atoms with Gasteiger partial charge >= 0.3 is 0 Å². The summed E-state index contributed by atoms with van der Waals surface area (Å²) < 4.78 is 0. The van der Waals surface area contributed by atoms with Gasteiger partial charge in [0, 0.05) is 22.9 Å². The van der Waals surface area contributed by atoms with Crippen LogP contribution in [0.4, 0.5) is 5.69 Å². The molecule has 2 amide bonds. The Kier molecular flexibility index (Phi) is 6.96. The van der Waals surface area contributed by atoms with E-state index in [1.54, 1.807) is 24.3 Å². The summed E-state index contributed by atoms with van der Waals surface area (Å²) in [6, 6.07) is 13.0. The molecule has 26 heavy (non-hydrogen) atoms. The number of nitrogens with one attached hydrogen (secondary N) is 2. The van der Waals surface area contributed by atoms with Crippen molar-refractivity contribution in [2.45, 2.75) is 53.0 Å². The maximum absolute atomic E-state index is 12.6. The number of aryl methyl sites for hydroxylation is 2. The van der Waals surface area contributed by atoms with E-state index >= 15 is 0 Å². The first-order valence-electron chi connectivity index (χ1n) is 9.33. The minimum Gasteiger partial charge on any atom is -0.350 e. The third-order valence-corrected chi connectivity index (χ3v) is 4.64. The molecule has 0 bridgehead atoms. The second kappa shape index (κ2) is 9.18. The third-order valence-electron chi connectivity index (χ3n) is 4.64. The number of amides is 2. The number of hydrogen-bond donors (Lipinski definition) is 2. The predicted molar refractivity (Wildman–Crippen MR) is 107 cm³/mol. The molecule has 0 saturated carbocycles. The molecule has 0 aliphatic rings. The van der Waals surface area contributed by atoms with Crippen LogP contribution < -0.4 is 10.6 Å². The summed E-state index contributed by atoms with van der Waals surface area (Å²) >= 11 is 0. The van der Waals surface area contributed by atoms with Gasteiger partial charge in [-0.3, -0.25) is 9.59 Å². The molecule has 138 valence electrons. The average molecular weight is 352 g/mol. The lowest BCUT2D eigenvalue weighted by Gasteiger charge is -2.15. The molecule has 1 atom stereocenters. The molecule has 4 nitrogen and oxygen atoms in total. The van der Waals surface area contributed by atoms with Gasteiger partial charge in [-0.05, 0) is 61.6 Å². The highest BCUT2D eigenvalue weighted by atomic mass is 16.2. The van der Waals surface area contributed by atoms with E-state index in [0.717, 1.165) is 36.1 Å². The van der Waals surface area contributed by atoms with Gasteiger partial charge in [-0.1, -0.05) is 39.0 Å². The van der Waals surface area contributed by atoms with Gasteiger partial charge in [0.05, 0.1) is 0 Å². The van der Waals surface area contributed by atoms with Crippen LogP contribution in [-0.2, 0) is 12.8 Å². The first-order valence-corrected chi connectivity index (χ1v) is 9.33. The third kappa shape index (κ3) is 4.72. The molecule has 4 heteroatoms. The molecule has 1 unspecified atom stereocenters. The topological polar surface area (TPSA) is 58.2 Å². The Morgan fingerprint density at radius 2 is 1.35 bits per heavy atom. The highest BCUT2D eigenvalue weighted by Crippen LogP contribution is 2.23. The largest absolute Gasteiger partial charge is 0.350 e. The second-order valence-electron chi connectivity index (χ2n) is 6.47. The van der Waals surface area contributed by atoms with Crippen molar-refractivity contribution in [2.24, 2.45) is 0 Å². The first-order chi connectivity index (χ1) is 12.5. The maximum Gasteiger partial charge on any atom is 0.255 e. The van der Waals surface area contributed by atoms with Gasteiger partial charge in [0.1, 0.15) is 0 Å². The van der Waals surface area contributed by atoms with E-state index in [-0.39, 0.29) is 17.9 Å². The van der Waals surface area contributed by atoms with Crippen LogP contribution in [0.25, 0.3) is 0 Å². The van der Waals surface area contributed by atoms with E-state index in [0.29, 0.717) is 11.1 Å². The molecule has 2 rings (SSSR count). The second-order valence-corrected chi connectivity index (χ2v) is 6.47. The SMILES string of the molecule is CCc1cccc(CC)c1NC(=O)c1ccc(C(=O)NC(C)CC)cc1. The quantitative estimate of drug-likeness (QED) is 0.765. The van der Waals surface area contributed by atoms with Crippen molar-refractivity contribution in [3.05, 3.63) is 64.7 Å². The van der Waals surface area contributed by atoms with Crippen LogP contribution in [0.2, 0.25) is 0 Å². The lowest BCUT2D eigenvalue weighted by Crippen LogP contribution is -2.31. The molecule has 0 saturated heterocycles. The zero-order valence-corrected chi connectivity index (χ0v) is 16.1. The summed E-state index contributed by atoms with van der Waals surface area (Å²) in [5.41, 5.74) is 4.26. The standard InChI is InChI=1S/C22H28N2O2/c1-5-15(4)23-21(25)18-11-13-19(14-12-18)22(26)24-20-16(6-2)9-8-10-17(20)7-3/h8-15H,5-7H2,1-4H3,(H,23,25)(H,24,26). The fourth-order valence-corrected chi connectivity index (χ4v) is 2.77. The van der Waals surface area contributed by atoms with Gasteiger partial charge < -0.3 is 10.6 Å². The Hall–Kier alpha value is -2.62. The molecule has 0 fully saturated rings. The Balaban J connectivity index is 2.15. The molecule has 2 N–H and O–H groups in total. The summed E-state index contributed by atoms with van der Waals surface area (Å²) in [6.07, 6.45) is 2.60. The molecule has 0 aromatic heterocycles. The summed E-state index contributed by atoms with van der Waals surface area (Å²) in [5, 5.41) is 5.97. The molecule has 0 aliphatic heterocycles. The van der Waals surface area contributed by atoms with Crippen molar-refractivity contribution >= 4 is 17.5 Å². The Morgan fingerprint density at radius 1 is 0.846 bits per heavy atom. The Morgan fingerprint density at radius 3 is 1.81 bits per heavy atom. The fourth-order valence-electron chi connectivity index (χ4n) is 2.77. The number of benzene rings is 2. The zero-order chi connectivity index (χ0) is 19.1. The van der Waals surface area contributed by atoms with Crippen molar-refractivity contribution in [1.29, 1.82) is 0 Å². The number of rotatable bonds is 7. The van der Waals surface area contributed by atoms with Crippen LogP contribution in [0.3, 0.4) is 0 Å². The zero-order valence-electron chi connectivity index (χ0n) is 16.1. The Labute approximate surface area is 156 Å². The summed E-state index contributed by atoms with van der Waals surface area (Å²) in [6.45, 7) is 8.15. The summed E-state index contributed by atoms with van der Waals surface area (Å²) in [4.78, 5) is 24.8. The van der Waals surface area contributed by atoms with Gasteiger partial charge in [0.25, 0.3) is 11.8 Å². The number of hydrogen-bond acceptors (Lipinski definition) is 2. The number of para-hydroxylation sites is 1. The van der Waals surface area contributed by atoms with Gasteiger partial charge in [0.2, 0.25) is 0 Å². The van der Waals surface area contributed by atoms with Crippen molar-refractivity contribution in [2.75, 3.05) is 5.32 Å². The monoisotopic (exact) mass is 352 g/mol. The van der Waals surface area contributed by atoms with Crippen LogP contribution in [0.15, 0.2) is 42.5 Å². The lowest BCUT2D eigenvalue weighted by molar-refractivity contribution is 0.0937. The molecule has 0 heterocycles. The van der Waals surface area contributed by atoms with Crippen LogP contribution in [0.5, 0.6) is 0 Å². The molecule has 0 radical (unpaired) electrons. The van der Waals surface area contributed by atoms with Crippen molar-refractivity contribution in [3.63, 3.8) is 0 Å². The van der Waals surface area contributed by atoms with Gasteiger partial charge in [0.15, 0.2) is 0 Å². The van der Waals surface area contributed by atoms with Gasteiger partial charge in [-0.25, -0.2) is 0 Å². The van der Waals surface area contributed by atoms with Crippen LogP contribution in [0.1, 0.15) is 66.0 Å². The fraction of sp³-hybridized carbons (Fsp3) is 0.364. The number of carbonyl (C=O) groups excluding carboxylic acids is 2. The smallest absolute Gasteiger partial charge is 0.255 e. The molecule has 2 aromatic rings. The molecule has 0 spiro atoms. The van der Waals surface area contributed by atoms with Gasteiger partial charge in [-0.15, -0.1) is 0 Å². The molecule has 0 aliphatic carbocycles. The van der Waals surface area contributed by atoms with Crippen molar-refractivity contribution in [1.82, 2.24) is 5.32 Å². The van der Waals surface area contributed by atoms with Crippen molar-refractivity contribution in [3.8, 4) is 0 Å².